The molecule has 0 saturated carbocycles. The number of rotatable bonds is 3. The Morgan fingerprint density at radius 3 is 2.57 bits per heavy atom. The molecule has 0 fully saturated rings. The first-order valence-corrected chi connectivity index (χ1v) is 5.36. The van der Waals surface area contributed by atoms with E-state index >= 15 is 0 Å². The molecule has 0 atom stereocenters. The van der Waals surface area contributed by atoms with Crippen molar-refractivity contribution in [2.45, 2.75) is 4.90 Å². The molecule has 0 aromatic heterocycles. The summed E-state index contributed by atoms with van der Waals surface area (Å²) in [6.45, 7) is 0. The summed E-state index contributed by atoms with van der Waals surface area (Å²) in [5.41, 5.74) is 5.86. The van der Waals surface area contributed by atoms with Gasteiger partial charge in [0.1, 0.15) is 10.6 Å². The molecule has 78 valence electrons. The highest BCUT2D eigenvalue weighted by Crippen LogP contribution is 2.25. The van der Waals surface area contributed by atoms with Gasteiger partial charge in [0.25, 0.3) is 0 Å². The minimum atomic E-state index is -3.52. The molecule has 0 spiro atoms. The van der Waals surface area contributed by atoms with Crippen molar-refractivity contribution in [3.05, 3.63) is 18.2 Å². The average molecular weight is 216 g/mol. The molecule has 1 aromatic rings. The molecule has 1 aromatic carbocycles. The van der Waals surface area contributed by atoms with Crippen LogP contribution in [0.15, 0.2) is 23.1 Å². The quantitative estimate of drug-likeness (QED) is 0.706. The van der Waals surface area contributed by atoms with Crippen LogP contribution in [0.3, 0.4) is 0 Å². The van der Waals surface area contributed by atoms with E-state index in [1.54, 1.807) is 6.07 Å². The fourth-order valence-corrected chi connectivity index (χ4v) is 1.94. The largest absolute Gasteiger partial charge is 0.495 e. The number of hydrogen-bond acceptors (Lipinski definition) is 4. The van der Waals surface area contributed by atoms with Crippen molar-refractivity contribution in [1.82, 2.24) is 4.72 Å². The fourth-order valence-electron chi connectivity index (χ4n) is 1.01. The van der Waals surface area contributed by atoms with Crippen LogP contribution in [0.2, 0.25) is 0 Å². The summed E-state index contributed by atoms with van der Waals surface area (Å²) in [7, 11) is -0.784. The normalized spacial score (nSPS) is 11.3. The number of nitrogens with two attached hydrogens (primary N) is 1. The third-order valence-electron chi connectivity index (χ3n) is 1.75. The maximum absolute atomic E-state index is 11.5. The number of hydrogen-bond donors (Lipinski definition) is 2. The van der Waals surface area contributed by atoms with Gasteiger partial charge in [0.05, 0.1) is 7.11 Å². The van der Waals surface area contributed by atoms with Crippen molar-refractivity contribution in [3.8, 4) is 5.75 Å². The molecule has 0 aliphatic heterocycles. The second-order valence-electron chi connectivity index (χ2n) is 2.62. The summed E-state index contributed by atoms with van der Waals surface area (Å²) in [6, 6.07) is 4.44. The molecule has 0 aliphatic rings. The molecule has 0 bridgehead atoms. The summed E-state index contributed by atoms with van der Waals surface area (Å²) in [5, 5.41) is 0. The SMILES string of the molecule is CNS(=O)(=O)c1cc(N)ccc1OC. The molecule has 0 aliphatic carbocycles. The Bertz CT molecular complexity index is 428. The van der Waals surface area contributed by atoms with E-state index in [0.29, 0.717) is 5.69 Å². The van der Waals surface area contributed by atoms with Crippen molar-refractivity contribution >= 4 is 15.7 Å². The third kappa shape index (κ3) is 1.97. The summed E-state index contributed by atoms with van der Waals surface area (Å²) < 4.78 is 30.1. The predicted octanol–water partition coefficient (Wildman–Crippen LogP) is 0.185. The van der Waals surface area contributed by atoms with E-state index in [2.05, 4.69) is 4.72 Å². The lowest BCUT2D eigenvalue weighted by Gasteiger charge is -2.08. The smallest absolute Gasteiger partial charge is 0.244 e. The Hall–Kier alpha value is -1.27. The molecule has 14 heavy (non-hydrogen) atoms. The molecule has 0 radical (unpaired) electrons. The van der Waals surface area contributed by atoms with Crippen LogP contribution in [0.4, 0.5) is 5.69 Å². The number of benzene rings is 1. The van der Waals surface area contributed by atoms with Crippen LogP contribution in [0.25, 0.3) is 0 Å². The third-order valence-corrected chi connectivity index (χ3v) is 3.18. The van der Waals surface area contributed by atoms with E-state index in [1.807, 2.05) is 0 Å². The van der Waals surface area contributed by atoms with Gasteiger partial charge in [0.2, 0.25) is 10.0 Å². The minimum Gasteiger partial charge on any atom is -0.495 e. The summed E-state index contributed by atoms with van der Waals surface area (Å²) in [5.74, 6) is 0.272. The summed E-state index contributed by atoms with van der Waals surface area (Å²) in [6.07, 6.45) is 0. The standard InChI is InChI=1S/C8H12N2O3S/c1-10-14(11,12)8-5-6(9)3-4-7(8)13-2/h3-5,10H,9H2,1-2H3. The monoisotopic (exact) mass is 216 g/mol. The summed E-state index contributed by atoms with van der Waals surface area (Å²) in [4.78, 5) is 0.0440. The van der Waals surface area contributed by atoms with Gasteiger partial charge in [0, 0.05) is 5.69 Å². The van der Waals surface area contributed by atoms with Crippen LogP contribution < -0.4 is 15.2 Å². The topological polar surface area (TPSA) is 81.4 Å². The van der Waals surface area contributed by atoms with Gasteiger partial charge >= 0.3 is 0 Å². The van der Waals surface area contributed by atoms with Gasteiger partial charge in [-0.25, -0.2) is 13.1 Å². The van der Waals surface area contributed by atoms with Crippen LogP contribution >= 0.6 is 0 Å². The van der Waals surface area contributed by atoms with E-state index in [4.69, 9.17) is 10.5 Å². The first-order chi connectivity index (χ1) is 6.51. The van der Waals surface area contributed by atoms with Gasteiger partial charge in [0.15, 0.2) is 0 Å². The van der Waals surface area contributed by atoms with E-state index < -0.39 is 10.0 Å². The average Bonchev–Trinajstić information content (AvgIpc) is 2.18. The second kappa shape index (κ2) is 3.85. The Morgan fingerprint density at radius 1 is 1.43 bits per heavy atom. The molecule has 5 nitrogen and oxygen atoms in total. The Balaban J connectivity index is 3.39. The number of nitrogen functional groups attached to an aromatic ring is 1. The van der Waals surface area contributed by atoms with Gasteiger partial charge in [-0.05, 0) is 25.2 Å². The Kier molecular flexibility index (Phi) is 2.97. The maximum atomic E-state index is 11.5. The predicted molar refractivity (Wildman–Crippen MR) is 53.7 cm³/mol. The van der Waals surface area contributed by atoms with Crippen LogP contribution in [0.5, 0.6) is 5.75 Å². The van der Waals surface area contributed by atoms with Crippen molar-refractivity contribution in [1.29, 1.82) is 0 Å². The lowest BCUT2D eigenvalue weighted by atomic mass is 10.3. The highest BCUT2D eigenvalue weighted by molar-refractivity contribution is 7.89. The van der Waals surface area contributed by atoms with Crippen molar-refractivity contribution in [3.63, 3.8) is 0 Å². The summed E-state index contributed by atoms with van der Waals surface area (Å²) >= 11 is 0. The molecule has 6 heteroatoms. The van der Waals surface area contributed by atoms with Crippen LogP contribution in [-0.2, 0) is 10.0 Å². The first-order valence-electron chi connectivity index (χ1n) is 3.88. The van der Waals surface area contributed by atoms with Crippen molar-refractivity contribution < 1.29 is 13.2 Å². The number of methoxy groups -OCH3 is 1. The number of anilines is 1. The lowest BCUT2D eigenvalue weighted by molar-refractivity contribution is 0.402. The number of sulfonamides is 1. The number of ether oxygens (including phenoxy) is 1. The number of nitrogens with one attached hydrogen (secondary N) is 1. The molecule has 0 amide bonds. The highest BCUT2D eigenvalue weighted by atomic mass is 32.2. The van der Waals surface area contributed by atoms with E-state index in [-0.39, 0.29) is 10.6 Å². The zero-order valence-corrected chi connectivity index (χ0v) is 8.76. The second-order valence-corrected chi connectivity index (χ2v) is 4.47. The van der Waals surface area contributed by atoms with E-state index in [9.17, 15) is 8.42 Å². The zero-order chi connectivity index (χ0) is 10.8. The van der Waals surface area contributed by atoms with Gasteiger partial charge < -0.3 is 10.5 Å². The molecule has 0 heterocycles. The molecular formula is C8H12N2O3S. The van der Waals surface area contributed by atoms with Crippen LogP contribution in [0.1, 0.15) is 0 Å². The fraction of sp³-hybridized carbons (Fsp3) is 0.250. The zero-order valence-electron chi connectivity index (χ0n) is 7.94. The van der Waals surface area contributed by atoms with Gasteiger partial charge in [-0.2, -0.15) is 0 Å². The molecule has 1 rings (SSSR count). The lowest BCUT2D eigenvalue weighted by Crippen LogP contribution is -2.19. The first kappa shape index (κ1) is 10.8. The molecule has 0 saturated heterocycles. The van der Waals surface area contributed by atoms with Gasteiger partial charge in [-0.1, -0.05) is 0 Å². The molecule has 0 unspecified atom stereocenters. The Morgan fingerprint density at radius 2 is 2.07 bits per heavy atom. The van der Waals surface area contributed by atoms with Crippen molar-refractivity contribution in [2.75, 3.05) is 19.9 Å². The van der Waals surface area contributed by atoms with E-state index in [1.165, 1.54) is 26.3 Å². The van der Waals surface area contributed by atoms with Gasteiger partial charge in [-0.15, -0.1) is 0 Å². The van der Waals surface area contributed by atoms with Gasteiger partial charge in [-0.3, -0.25) is 0 Å². The Labute approximate surface area is 82.9 Å². The van der Waals surface area contributed by atoms with Crippen LogP contribution in [-0.4, -0.2) is 22.6 Å². The minimum absolute atomic E-state index is 0.0440. The maximum Gasteiger partial charge on any atom is 0.244 e. The van der Waals surface area contributed by atoms with E-state index in [0.717, 1.165) is 0 Å². The van der Waals surface area contributed by atoms with Crippen LogP contribution in [0, 0.1) is 0 Å². The molecule has 3 N–H and O–H groups in total. The highest BCUT2D eigenvalue weighted by Gasteiger charge is 2.17. The molecular weight excluding hydrogens is 204 g/mol. The van der Waals surface area contributed by atoms with Crippen molar-refractivity contribution in [2.24, 2.45) is 0 Å².